The zero-order valence-corrected chi connectivity index (χ0v) is 14.8. The maximum Gasteiger partial charge on any atom is 0.134 e. The van der Waals surface area contributed by atoms with E-state index in [9.17, 15) is 9.59 Å². The lowest BCUT2D eigenvalue weighted by Gasteiger charge is -2.03. The van der Waals surface area contributed by atoms with E-state index in [0.717, 1.165) is 31.5 Å². The molecule has 1 aromatic heterocycles. The Labute approximate surface area is 143 Å². The molecular weight excluding hydrogens is 310 g/mol. The van der Waals surface area contributed by atoms with Gasteiger partial charge in [0.05, 0.1) is 32.6 Å². The van der Waals surface area contributed by atoms with Gasteiger partial charge in [0.25, 0.3) is 0 Å². The van der Waals surface area contributed by atoms with Gasteiger partial charge in [0, 0.05) is 25.8 Å². The average Bonchev–Trinajstić information content (AvgIpc) is 3.00. The second kappa shape index (κ2) is 12.8. The Bertz CT molecular complexity index is 488. The van der Waals surface area contributed by atoms with Crippen LogP contribution >= 0.6 is 0 Å². The van der Waals surface area contributed by atoms with Crippen LogP contribution in [0.4, 0.5) is 0 Å². The molecule has 1 rings (SSSR count). The SMILES string of the molecule is CCC(=O)CCOCCOCc1cn(CCCCCC(C)=O)nn1. The quantitative estimate of drug-likeness (QED) is 0.456. The number of ether oxygens (including phenoxy) is 2. The molecule has 136 valence electrons. The average molecular weight is 339 g/mol. The van der Waals surface area contributed by atoms with Crippen molar-refractivity contribution in [3.05, 3.63) is 11.9 Å². The Morgan fingerprint density at radius 1 is 1.08 bits per heavy atom. The summed E-state index contributed by atoms with van der Waals surface area (Å²) in [6, 6.07) is 0. The number of ketones is 2. The van der Waals surface area contributed by atoms with Gasteiger partial charge in [-0.3, -0.25) is 9.48 Å². The molecule has 24 heavy (non-hydrogen) atoms. The fourth-order valence-electron chi connectivity index (χ4n) is 2.10. The lowest BCUT2D eigenvalue weighted by molar-refractivity contribution is -0.120. The van der Waals surface area contributed by atoms with Gasteiger partial charge in [-0.05, 0) is 19.8 Å². The fraction of sp³-hybridized carbons (Fsp3) is 0.765. The van der Waals surface area contributed by atoms with E-state index in [2.05, 4.69) is 10.3 Å². The van der Waals surface area contributed by atoms with E-state index in [0.29, 0.717) is 45.7 Å². The third kappa shape index (κ3) is 10.2. The lowest BCUT2D eigenvalue weighted by atomic mass is 10.1. The number of nitrogens with zero attached hydrogens (tertiary/aromatic N) is 3. The minimum absolute atomic E-state index is 0.217. The van der Waals surface area contributed by atoms with E-state index >= 15 is 0 Å². The van der Waals surface area contributed by atoms with Crippen molar-refractivity contribution in [3.63, 3.8) is 0 Å². The monoisotopic (exact) mass is 339 g/mol. The molecular formula is C17H29N3O4. The molecule has 1 aromatic rings. The first kappa shape index (κ1) is 20.4. The number of Topliss-reactive ketones (excluding diaryl/α,β-unsaturated/α-hetero) is 2. The summed E-state index contributed by atoms with van der Waals surface area (Å²) in [5.74, 6) is 0.463. The number of unbranched alkanes of at least 4 members (excludes halogenated alkanes) is 2. The molecule has 0 aliphatic heterocycles. The standard InChI is InChI=1S/C17H29N3O4/c1-3-17(22)8-10-23-11-12-24-14-16-13-20(19-18-16)9-6-4-5-7-15(2)21/h13H,3-12,14H2,1-2H3. The molecule has 0 saturated carbocycles. The van der Waals surface area contributed by atoms with Gasteiger partial charge in [-0.15, -0.1) is 5.10 Å². The van der Waals surface area contributed by atoms with Crippen molar-refractivity contribution in [3.8, 4) is 0 Å². The Balaban J connectivity index is 2.01. The zero-order valence-electron chi connectivity index (χ0n) is 14.8. The van der Waals surface area contributed by atoms with E-state index in [1.807, 2.05) is 13.1 Å². The van der Waals surface area contributed by atoms with Crippen LogP contribution in [0.15, 0.2) is 6.20 Å². The number of hydrogen-bond acceptors (Lipinski definition) is 6. The van der Waals surface area contributed by atoms with Gasteiger partial charge in [-0.2, -0.15) is 0 Å². The predicted octanol–water partition coefficient (Wildman–Crippen LogP) is 2.33. The van der Waals surface area contributed by atoms with E-state index in [1.54, 1.807) is 11.6 Å². The molecule has 0 amide bonds. The fourth-order valence-corrected chi connectivity index (χ4v) is 2.10. The summed E-state index contributed by atoms with van der Waals surface area (Å²) in [7, 11) is 0. The van der Waals surface area contributed by atoms with Crippen molar-refractivity contribution in [2.75, 3.05) is 19.8 Å². The highest BCUT2D eigenvalue weighted by atomic mass is 16.5. The summed E-state index contributed by atoms with van der Waals surface area (Å²) >= 11 is 0. The molecule has 0 aromatic carbocycles. The summed E-state index contributed by atoms with van der Waals surface area (Å²) in [4.78, 5) is 21.9. The molecule has 0 atom stereocenters. The number of carbonyl (C=O) groups excluding carboxylic acids is 2. The van der Waals surface area contributed by atoms with Gasteiger partial charge in [0.15, 0.2) is 0 Å². The van der Waals surface area contributed by atoms with Crippen LogP contribution in [-0.2, 0) is 32.2 Å². The van der Waals surface area contributed by atoms with E-state index < -0.39 is 0 Å². The molecule has 0 saturated heterocycles. The first-order valence-corrected chi connectivity index (χ1v) is 8.67. The topological polar surface area (TPSA) is 83.3 Å². The second-order valence-electron chi connectivity index (χ2n) is 5.79. The van der Waals surface area contributed by atoms with Crippen LogP contribution in [-0.4, -0.2) is 46.4 Å². The van der Waals surface area contributed by atoms with E-state index in [-0.39, 0.29) is 11.6 Å². The van der Waals surface area contributed by atoms with Crippen LogP contribution in [0.5, 0.6) is 0 Å². The Morgan fingerprint density at radius 3 is 2.62 bits per heavy atom. The van der Waals surface area contributed by atoms with Crippen molar-refractivity contribution in [2.45, 2.75) is 65.5 Å². The molecule has 0 radical (unpaired) electrons. The maximum absolute atomic E-state index is 11.1. The van der Waals surface area contributed by atoms with E-state index in [4.69, 9.17) is 9.47 Å². The van der Waals surface area contributed by atoms with Crippen molar-refractivity contribution in [1.29, 1.82) is 0 Å². The van der Waals surface area contributed by atoms with Crippen molar-refractivity contribution < 1.29 is 19.1 Å². The summed E-state index contributed by atoms with van der Waals surface area (Å²) in [6.07, 6.45) is 6.51. The molecule has 0 unspecified atom stereocenters. The molecule has 0 fully saturated rings. The van der Waals surface area contributed by atoms with Crippen LogP contribution in [0.25, 0.3) is 0 Å². The molecule has 7 nitrogen and oxygen atoms in total. The molecule has 0 aliphatic rings. The van der Waals surface area contributed by atoms with Crippen molar-refractivity contribution in [1.82, 2.24) is 15.0 Å². The van der Waals surface area contributed by atoms with Gasteiger partial charge in [0.2, 0.25) is 0 Å². The molecule has 0 bridgehead atoms. The van der Waals surface area contributed by atoms with Crippen LogP contribution in [0, 0.1) is 0 Å². The van der Waals surface area contributed by atoms with Gasteiger partial charge in [-0.1, -0.05) is 18.6 Å². The smallest absolute Gasteiger partial charge is 0.134 e. The number of hydrogen-bond donors (Lipinski definition) is 0. The molecule has 7 heteroatoms. The third-order valence-electron chi connectivity index (χ3n) is 3.54. The highest BCUT2D eigenvalue weighted by Gasteiger charge is 2.02. The van der Waals surface area contributed by atoms with Gasteiger partial charge in [0.1, 0.15) is 17.3 Å². The third-order valence-corrected chi connectivity index (χ3v) is 3.54. The Kier molecular flexibility index (Phi) is 10.9. The van der Waals surface area contributed by atoms with E-state index in [1.165, 1.54) is 0 Å². The minimum Gasteiger partial charge on any atom is -0.379 e. The van der Waals surface area contributed by atoms with Crippen LogP contribution in [0.2, 0.25) is 0 Å². The molecule has 0 spiro atoms. The summed E-state index contributed by atoms with van der Waals surface area (Å²) in [5.41, 5.74) is 0.792. The number of aryl methyl sites for hydroxylation is 1. The first-order chi connectivity index (χ1) is 11.6. The van der Waals surface area contributed by atoms with Crippen molar-refractivity contribution in [2.24, 2.45) is 0 Å². The molecule has 0 N–H and O–H groups in total. The Morgan fingerprint density at radius 2 is 1.88 bits per heavy atom. The normalized spacial score (nSPS) is 10.9. The van der Waals surface area contributed by atoms with Crippen molar-refractivity contribution >= 4 is 11.6 Å². The lowest BCUT2D eigenvalue weighted by Crippen LogP contribution is -2.08. The summed E-state index contributed by atoms with van der Waals surface area (Å²) in [5, 5.41) is 8.12. The highest BCUT2D eigenvalue weighted by molar-refractivity contribution is 5.78. The number of aromatic nitrogens is 3. The van der Waals surface area contributed by atoms with Gasteiger partial charge < -0.3 is 14.3 Å². The second-order valence-corrected chi connectivity index (χ2v) is 5.79. The van der Waals surface area contributed by atoms with Crippen LogP contribution < -0.4 is 0 Å². The molecule has 1 heterocycles. The highest BCUT2D eigenvalue weighted by Crippen LogP contribution is 2.03. The van der Waals surface area contributed by atoms with Crippen LogP contribution in [0.3, 0.4) is 0 Å². The maximum atomic E-state index is 11.1. The largest absolute Gasteiger partial charge is 0.379 e. The minimum atomic E-state index is 0.217. The zero-order chi connectivity index (χ0) is 17.6. The van der Waals surface area contributed by atoms with Gasteiger partial charge in [-0.25, -0.2) is 0 Å². The number of carbonyl (C=O) groups is 2. The number of rotatable bonds is 15. The predicted molar refractivity (Wildman–Crippen MR) is 89.6 cm³/mol. The first-order valence-electron chi connectivity index (χ1n) is 8.67. The van der Waals surface area contributed by atoms with Crippen LogP contribution in [0.1, 0.15) is 58.1 Å². The Hall–Kier alpha value is -1.60. The van der Waals surface area contributed by atoms with Gasteiger partial charge >= 0.3 is 0 Å². The summed E-state index contributed by atoms with van der Waals surface area (Å²) in [6.45, 7) is 6.08. The molecule has 0 aliphatic carbocycles. The summed E-state index contributed by atoms with van der Waals surface area (Å²) < 4.78 is 12.6.